The van der Waals surface area contributed by atoms with Crippen molar-refractivity contribution in [2.45, 2.75) is 13.3 Å². The van der Waals surface area contributed by atoms with Crippen LogP contribution in [0.1, 0.15) is 13.3 Å². The zero-order valence-corrected chi connectivity index (χ0v) is 10.3. The largest absolute Gasteiger partial charge is 0 e. The fourth-order valence-corrected chi connectivity index (χ4v) is 1.85. The summed E-state index contributed by atoms with van der Waals surface area (Å²) >= 11 is -3.19. The molecule has 54 valence electrons. The van der Waals surface area contributed by atoms with Crippen LogP contribution >= 0.6 is 27.9 Å². The monoisotopic (exact) mass is 260 g/mol. The molecule has 0 N–H and O–H groups in total. The van der Waals surface area contributed by atoms with Crippen LogP contribution in [-0.2, 0) is 38.8 Å². The molecule has 0 aromatic heterocycles. The van der Waals surface area contributed by atoms with Crippen LogP contribution in [0.3, 0.4) is 0 Å². The van der Waals surface area contributed by atoms with Crippen LogP contribution < -0.4 is 0 Å². The number of halogens is 3. The van der Waals surface area contributed by atoms with Gasteiger partial charge in [0, 0.05) is 21.7 Å². The van der Waals surface area contributed by atoms with Gasteiger partial charge in [-0.15, -0.1) is 0 Å². The van der Waals surface area contributed by atoms with Gasteiger partial charge in [0.2, 0.25) is 0 Å². The summed E-state index contributed by atoms with van der Waals surface area (Å²) in [6.07, 6.45) is 0.902. The number of rotatable bonds is 3. The van der Waals surface area contributed by atoms with Gasteiger partial charge in [0.1, 0.15) is 0 Å². The summed E-state index contributed by atoms with van der Waals surface area (Å²) in [5.74, 6) is 0. The summed E-state index contributed by atoms with van der Waals surface area (Å²) in [6.45, 7) is 2.54. The van der Waals surface area contributed by atoms with Gasteiger partial charge in [-0.25, -0.2) is 0 Å². The molecule has 1 nitrogen and oxygen atoms in total. The summed E-state index contributed by atoms with van der Waals surface area (Å²) in [5.41, 5.74) is 0. The van der Waals surface area contributed by atoms with Gasteiger partial charge in [-0.2, -0.15) is 0 Å². The molecule has 0 fully saturated rings. The third-order valence-electron chi connectivity index (χ3n) is 0.470. The van der Waals surface area contributed by atoms with E-state index in [-0.39, 0.29) is 21.7 Å². The van der Waals surface area contributed by atoms with Crippen LogP contribution in [0, 0.1) is 0 Å². The molecule has 0 amide bonds. The third-order valence-corrected chi connectivity index (χ3v) is 2.65. The molecule has 0 aliphatic carbocycles. The molecule has 0 heterocycles. The molecule has 0 rings (SSSR count). The van der Waals surface area contributed by atoms with Gasteiger partial charge < -0.3 is 0 Å². The molecule has 0 atom stereocenters. The Morgan fingerprint density at radius 1 is 1.33 bits per heavy atom. The van der Waals surface area contributed by atoms with E-state index in [2.05, 4.69) is 0 Å². The summed E-state index contributed by atoms with van der Waals surface area (Å²) in [5, 5.41) is 0. The molecule has 0 spiro atoms. The van der Waals surface area contributed by atoms with Crippen LogP contribution in [0.4, 0.5) is 0 Å². The van der Waals surface area contributed by atoms with Crippen molar-refractivity contribution in [1.29, 1.82) is 0 Å². The van der Waals surface area contributed by atoms with Crippen LogP contribution in [0.2, 0.25) is 0 Å². The van der Waals surface area contributed by atoms with Crippen molar-refractivity contribution in [2.75, 3.05) is 6.61 Å². The second-order valence-electron chi connectivity index (χ2n) is 1.29. The first-order valence-electron chi connectivity index (χ1n) is 2.27. The molecule has 0 saturated carbocycles. The molecule has 0 bridgehead atoms. The van der Waals surface area contributed by atoms with Crippen molar-refractivity contribution in [1.82, 2.24) is 0 Å². The first-order valence-corrected chi connectivity index (χ1v) is 9.35. The Morgan fingerprint density at radius 3 is 1.89 bits per heavy atom. The minimum absolute atomic E-state index is 0. The fourth-order valence-electron chi connectivity index (χ4n) is 0.218. The van der Waals surface area contributed by atoms with Crippen molar-refractivity contribution in [3.8, 4) is 0 Å². The molecule has 0 aromatic rings. The van der Waals surface area contributed by atoms with Gasteiger partial charge in [0.05, 0.1) is 0 Å². The quantitative estimate of drug-likeness (QED) is 0.710. The average Bonchev–Trinajstić information content (AvgIpc) is 1.59. The van der Waals surface area contributed by atoms with Gasteiger partial charge in [-0.05, 0) is 0 Å². The van der Waals surface area contributed by atoms with Crippen LogP contribution in [0.15, 0.2) is 0 Å². The van der Waals surface area contributed by atoms with Gasteiger partial charge in [-0.1, -0.05) is 0 Å². The molecule has 0 saturated heterocycles. The third kappa shape index (κ3) is 13.3. The normalized spacial score (nSPS) is 10.7. The Bertz CT molecular complexity index is 64.6. The molecule has 0 aliphatic heterocycles. The van der Waals surface area contributed by atoms with E-state index < -0.39 is 13.8 Å². The topological polar surface area (TPSA) is 9.23 Å². The second-order valence-corrected chi connectivity index (χ2v) is 12.1. The second kappa shape index (κ2) is 6.94. The molecular weight excluding hydrogens is 254 g/mol. The summed E-state index contributed by atoms with van der Waals surface area (Å²) in [4.78, 5) is 0. The maximum Gasteiger partial charge on any atom is 0 e. The summed E-state index contributed by atoms with van der Waals surface area (Å²) < 4.78 is 4.86. The van der Waals surface area contributed by atoms with Crippen LogP contribution in [-0.4, -0.2) is 6.61 Å². The van der Waals surface area contributed by atoms with E-state index in [9.17, 15) is 0 Å². The van der Waals surface area contributed by atoms with Crippen molar-refractivity contribution in [3.05, 3.63) is 0 Å². The standard InChI is InChI=1S/C3H7O.3ClH.2Ti/c1-2-3-4;;;;;/h2-3H2,1H3;3*1H;;/q-1;;;;;+4/p-3. The summed E-state index contributed by atoms with van der Waals surface area (Å²) in [6, 6.07) is 0. The van der Waals surface area contributed by atoms with Gasteiger partial charge in [0.15, 0.2) is 0 Å². The molecule has 0 unspecified atom stereocenters. The molecule has 6 heteroatoms. The van der Waals surface area contributed by atoms with Crippen molar-refractivity contribution in [3.63, 3.8) is 0 Å². The van der Waals surface area contributed by atoms with Crippen molar-refractivity contribution < 1.29 is 38.8 Å². The maximum absolute atomic E-state index is 5.41. The minimum Gasteiger partial charge on any atom is 0 e. The van der Waals surface area contributed by atoms with E-state index in [0.29, 0.717) is 6.61 Å². The minimum atomic E-state index is -3.19. The first kappa shape index (κ1) is 13.8. The molecule has 0 aromatic carbocycles. The van der Waals surface area contributed by atoms with Gasteiger partial charge in [-0.3, -0.25) is 0 Å². The Kier molecular flexibility index (Phi) is 10.7. The van der Waals surface area contributed by atoms with E-state index >= 15 is 0 Å². The SMILES string of the molecule is CCC[O][Ti]([Cl])([Cl])[Cl].[Ti]. The van der Waals surface area contributed by atoms with E-state index in [1.807, 2.05) is 6.92 Å². The van der Waals surface area contributed by atoms with Crippen LogP contribution in [0.25, 0.3) is 0 Å². The fraction of sp³-hybridized carbons (Fsp3) is 1.00. The first-order chi connectivity index (χ1) is 3.56. The van der Waals surface area contributed by atoms with Gasteiger partial charge >= 0.3 is 65.0 Å². The Balaban J connectivity index is 0. The smallest absolute Gasteiger partial charge is 0 e. The van der Waals surface area contributed by atoms with Crippen LogP contribution in [0.5, 0.6) is 0 Å². The van der Waals surface area contributed by atoms with E-state index in [1.165, 1.54) is 0 Å². The molecule has 0 radical (unpaired) electrons. The summed E-state index contributed by atoms with van der Waals surface area (Å²) in [7, 11) is 16.2. The van der Waals surface area contributed by atoms with E-state index in [4.69, 9.17) is 31.2 Å². The Hall–Kier alpha value is 2.26. The predicted molar refractivity (Wildman–Crippen MR) is 33.8 cm³/mol. The van der Waals surface area contributed by atoms with E-state index in [0.717, 1.165) is 6.42 Å². The molecule has 0 aliphatic rings. The van der Waals surface area contributed by atoms with Gasteiger partial charge in [0.25, 0.3) is 0 Å². The zero-order chi connectivity index (χ0) is 6.62. The zero-order valence-electron chi connectivity index (χ0n) is 4.96. The predicted octanol–water partition coefficient (Wildman–Crippen LogP) is 2.94. The van der Waals surface area contributed by atoms with Crippen molar-refractivity contribution in [2.24, 2.45) is 0 Å². The average molecular weight is 261 g/mol. The van der Waals surface area contributed by atoms with Crippen molar-refractivity contribution >= 4 is 27.9 Å². The van der Waals surface area contributed by atoms with E-state index in [1.54, 1.807) is 0 Å². The number of hydrogen-bond acceptors (Lipinski definition) is 1. The number of hydrogen-bond donors (Lipinski definition) is 0. The molecule has 9 heavy (non-hydrogen) atoms. The Morgan fingerprint density at radius 2 is 1.78 bits per heavy atom. The maximum atomic E-state index is 5.41. The molecular formula is C3H7Cl3OTi2. The Labute approximate surface area is 85.7 Å².